The summed E-state index contributed by atoms with van der Waals surface area (Å²) >= 11 is 0. The summed E-state index contributed by atoms with van der Waals surface area (Å²) in [6.07, 6.45) is 7.90. The van der Waals surface area contributed by atoms with E-state index in [1.165, 1.54) is 0 Å². The second-order valence-corrected chi connectivity index (χ2v) is 7.09. The van der Waals surface area contributed by atoms with Crippen LogP contribution in [0, 0.1) is 5.92 Å². The van der Waals surface area contributed by atoms with Gasteiger partial charge < -0.3 is 10.0 Å². The van der Waals surface area contributed by atoms with Crippen LogP contribution in [0.5, 0.6) is 0 Å². The lowest BCUT2D eigenvalue weighted by Crippen LogP contribution is -2.46. The summed E-state index contributed by atoms with van der Waals surface area (Å²) < 4.78 is 3.43. The van der Waals surface area contributed by atoms with E-state index in [-0.39, 0.29) is 24.8 Å². The zero-order valence-corrected chi connectivity index (χ0v) is 15.0. The highest BCUT2D eigenvalue weighted by Crippen LogP contribution is 2.30. The molecule has 1 saturated heterocycles. The molecule has 0 spiro atoms. The zero-order chi connectivity index (χ0) is 19.0. The number of aliphatic carboxylic acids is 1. The van der Waals surface area contributed by atoms with E-state index in [4.69, 9.17) is 0 Å². The number of pyridine rings is 1. The number of rotatable bonds is 4. The second kappa shape index (κ2) is 6.86. The van der Waals surface area contributed by atoms with Crippen molar-refractivity contribution >= 4 is 17.4 Å². The van der Waals surface area contributed by atoms with E-state index in [0.717, 1.165) is 16.6 Å². The molecule has 140 valence electrons. The molecule has 8 heteroatoms. The first-order chi connectivity index (χ1) is 13.0. The maximum Gasteiger partial charge on any atom is 0.308 e. The van der Waals surface area contributed by atoms with Crippen molar-refractivity contribution in [2.24, 2.45) is 13.0 Å². The summed E-state index contributed by atoms with van der Waals surface area (Å²) in [5.41, 5.74) is 2.70. The summed E-state index contributed by atoms with van der Waals surface area (Å²) in [5, 5.41) is 18.0. The van der Waals surface area contributed by atoms with Gasteiger partial charge in [0.25, 0.3) is 0 Å². The monoisotopic (exact) mass is 367 g/mol. The third kappa shape index (κ3) is 3.42. The molecule has 1 aliphatic rings. The number of carbonyl (C=O) groups excluding carboxylic acids is 1. The molecule has 2 atom stereocenters. The highest BCUT2D eigenvalue weighted by atomic mass is 16.4. The predicted molar refractivity (Wildman–Crippen MR) is 97.2 cm³/mol. The van der Waals surface area contributed by atoms with Crippen LogP contribution in [0.3, 0.4) is 0 Å². The number of carbonyl (C=O) groups is 2. The van der Waals surface area contributed by atoms with Gasteiger partial charge in [-0.25, -0.2) is 4.52 Å². The number of nitrogens with zero attached hydrogens (tertiary/aromatic N) is 5. The van der Waals surface area contributed by atoms with Crippen LogP contribution in [-0.2, 0) is 23.1 Å². The van der Waals surface area contributed by atoms with Gasteiger partial charge in [0.1, 0.15) is 0 Å². The quantitative estimate of drug-likeness (QED) is 0.751. The lowest BCUT2D eigenvalue weighted by molar-refractivity contribution is -0.146. The van der Waals surface area contributed by atoms with Gasteiger partial charge in [0, 0.05) is 44.0 Å². The number of likely N-dealkylation sites (tertiary alicyclic amines) is 1. The molecule has 0 aliphatic carbocycles. The van der Waals surface area contributed by atoms with Crippen molar-refractivity contribution in [2.45, 2.75) is 18.8 Å². The molecule has 3 aromatic heterocycles. The fourth-order valence-corrected chi connectivity index (χ4v) is 3.77. The summed E-state index contributed by atoms with van der Waals surface area (Å²) in [5.74, 6) is -1.54. The Bertz CT molecular complexity index is 992. The molecule has 0 radical (unpaired) electrons. The third-order valence-corrected chi connectivity index (χ3v) is 5.20. The number of carboxylic acid groups (broad SMARTS) is 1. The van der Waals surface area contributed by atoms with Crippen molar-refractivity contribution in [1.82, 2.24) is 24.3 Å². The Morgan fingerprint density at radius 1 is 1.22 bits per heavy atom. The van der Waals surface area contributed by atoms with Gasteiger partial charge in [-0.2, -0.15) is 10.2 Å². The Morgan fingerprint density at radius 2 is 2.07 bits per heavy atom. The summed E-state index contributed by atoms with van der Waals surface area (Å²) in [6.45, 7) is 0.748. The second-order valence-electron chi connectivity index (χ2n) is 7.09. The molecule has 0 aromatic carbocycles. The Labute approximate surface area is 156 Å². The highest BCUT2D eigenvalue weighted by Gasteiger charge is 2.35. The molecule has 1 fully saturated rings. The van der Waals surface area contributed by atoms with E-state index >= 15 is 0 Å². The van der Waals surface area contributed by atoms with E-state index in [1.807, 2.05) is 37.6 Å². The maximum atomic E-state index is 12.9. The lowest BCUT2D eigenvalue weighted by atomic mass is 9.85. The fourth-order valence-electron chi connectivity index (χ4n) is 3.77. The Morgan fingerprint density at radius 3 is 2.81 bits per heavy atom. The van der Waals surface area contributed by atoms with E-state index in [0.29, 0.717) is 13.0 Å². The van der Waals surface area contributed by atoms with Crippen molar-refractivity contribution in [3.05, 3.63) is 54.1 Å². The first kappa shape index (κ1) is 17.3. The Hall–Kier alpha value is -3.16. The van der Waals surface area contributed by atoms with Gasteiger partial charge in [-0.15, -0.1) is 0 Å². The zero-order valence-electron chi connectivity index (χ0n) is 15.0. The average molecular weight is 367 g/mol. The fraction of sp³-hybridized carbons (Fsp3) is 0.368. The topological polar surface area (TPSA) is 92.7 Å². The number of fused-ring (bicyclic) bond motifs is 1. The molecule has 2 unspecified atom stereocenters. The van der Waals surface area contributed by atoms with Crippen molar-refractivity contribution in [3.63, 3.8) is 0 Å². The minimum absolute atomic E-state index is 0.0265. The number of piperidine rings is 1. The molecular formula is C19H21N5O3. The van der Waals surface area contributed by atoms with Crippen LogP contribution >= 0.6 is 0 Å². The number of hydrogen-bond acceptors (Lipinski definition) is 4. The van der Waals surface area contributed by atoms with E-state index in [1.54, 1.807) is 26.5 Å². The molecule has 0 bridgehead atoms. The van der Waals surface area contributed by atoms with Crippen LogP contribution in [0.15, 0.2) is 43.0 Å². The Balaban J connectivity index is 1.55. The van der Waals surface area contributed by atoms with Gasteiger partial charge in [0.2, 0.25) is 5.91 Å². The standard InChI is InChI=1S/C19H21N5O3/c1-22-10-16(9-20-22)14-6-15(19(26)27)12-23(11-14)18(25)7-13-8-21-24-5-3-2-4-17(13)24/h2-5,8-10,14-15H,6-7,11-12H2,1H3,(H,26,27). The molecule has 0 saturated carbocycles. The van der Waals surface area contributed by atoms with E-state index in [9.17, 15) is 14.7 Å². The number of amides is 1. The minimum atomic E-state index is -0.864. The van der Waals surface area contributed by atoms with Crippen molar-refractivity contribution in [3.8, 4) is 0 Å². The third-order valence-electron chi connectivity index (χ3n) is 5.20. The highest BCUT2D eigenvalue weighted by molar-refractivity contribution is 5.82. The van der Waals surface area contributed by atoms with Gasteiger partial charge in [-0.05, 0) is 24.1 Å². The summed E-state index contributed by atoms with van der Waals surface area (Å²) in [7, 11) is 1.83. The molecule has 4 rings (SSSR count). The SMILES string of the molecule is Cn1cc(C2CC(C(=O)O)CN(C(=O)Cc3cnn4ccccc34)C2)cn1. The van der Waals surface area contributed by atoms with Crippen LogP contribution in [-0.4, -0.2) is 54.4 Å². The first-order valence-electron chi connectivity index (χ1n) is 8.91. The van der Waals surface area contributed by atoms with Gasteiger partial charge in [-0.3, -0.25) is 14.3 Å². The van der Waals surface area contributed by atoms with Crippen molar-refractivity contribution < 1.29 is 14.7 Å². The molecular weight excluding hydrogens is 346 g/mol. The van der Waals surface area contributed by atoms with Crippen molar-refractivity contribution in [2.75, 3.05) is 13.1 Å². The molecule has 4 heterocycles. The predicted octanol–water partition coefficient (Wildman–Crippen LogP) is 1.33. The van der Waals surface area contributed by atoms with E-state index in [2.05, 4.69) is 10.2 Å². The average Bonchev–Trinajstić information content (AvgIpc) is 3.28. The molecule has 1 aliphatic heterocycles. The smallest absolute Gasteiger partial charge is 0.308 e. The number of aryl methyl sites for hydroxylation is 1. The largest absolute Gasteiger partial charge is 0.481 e. The van der Waals surface area contributed by atoms with Gasteiger partial charge in [0.05, 0.1) is 30.2 Å². The van der Waals surface area contributed by atoms with E-state index < -0.39 is 11.9 Å². The number of carboxylic acids is 1. The van der Waals surface area contributed by atoms with Gasteiger partial charge >= 0.3 is 5.97 Å². The van der Waals surface area contributed by atoms with Crippen molar-refractivity contribution in [1.29, 1.82) is 0 Å². The maximum absolute atomic E-state index is 12.9. The van der Waals surface area contributed by atoms with Gasteiger partial charge in [0.15, 0.2) is 0 Å². The lowest BCUT2D eigenvalue weighted by Gasteiger charge is -2.36. The molecule has 8 nitrogen and oxygen atoms in total. The molecule has 1 N–H and O–H groups in total. The van der Waals surface area contributed by atoms with Crippen LogP contribution in [0.4, 0.5) is 0 Å². The first-order valence-corrected chi connectivity index (χ1v) is 8.91. The normalized spacial score (nSPS) is 20.1. The molecule has 27 heavy (non-hydrogen) atoms. The minimum Gasteiger partial charge on any atom is -0.481 e. The number of aromatic nitrogens is 4. The van der Waals surface area contributed by atoms with Crippen LogP contribution in [0.1, 0.15) is 23.5 Å². The van der Waals surface area contributed by atoms with Gasteiger partial charge in [-0.1, -0.05) is 6.07 Å². The molecule has 3 aromatic rings. The van der Waals surface area contributed by atoms with Crippen LogP contribution in [0.25, 0.3) is 5.52 Å². The Kier molecular flexibility index (Phi) is 4.39. The molecule has 1 amide bonds. The van der Waals surface area contributed by atoms with Crippen LogP contribution < -0.4 is 0 Å². The summed E-state index contributed by atoms with van der Waals surface area (Å²) in [6, 6.07) is 5.71. The van der Waals surface area contributed by atoms with Crippen LogP contribution in [0.2, 0.25) is 0 Å². The summed E-state index contributed by atoms with van der Waals surface area (Å²) in [4.78, 5) is 26.2. The number of hydrogen-bond donors (Lipinski definition) is 1.